The third-order valence-electron chi connectivity index (χ3n) is 2.86. The van der Waals surface area contributed by atoms with Crippen LogP contribution in [0.3, 0.4) is 0 Å². The van der Waals surface area contributed by atoms with Crippen LogP contribution < -0.4 is 9.64 Å². The standard InChI is InChI=1S/C14H17N3O2/c1-17(9-10-18)14-8-7-12(15-16-14)11-5-3-4-6-13(11)19-2/h3-8,18H,9-10H2,1-2H3. The molecule has 100 valence electrons. The van der Waals surface area contributed by atoms with E-state index < -0.39 is 0 Å². The summed E-state index contributed by atoms with van der Waals surface area (Å²) in [4.78, 5) is 1.85. The van der Waals surface area contributed by atoms with Gasteiger partial charge in [-0.15, -0.1) is 10.2 Å². The third-order valence-corrected chi connectivity index (χ3v) is 2.86. The minimum atomic E-state index is 0.0897. The molecular weight excluding hydrogens is 242 g/mol. The number of hydrogen-bond acceptors (Lipinski definition) is 5. The molecule has 0 atom stereocenters. The van der Waals surface area contributed by atoms with Gasteiger partial charge in [0.2, 0.25) is 0 Å². The largest absolute Gasteiger partial charge is 0.496 e. The molecule has 0 radical (unpaired) electrons. The molecule has 0 saturated heterocycles. The number of hydrogen-bond donors (Lipinski definition) is 1. The van der Waals surface area contributed by atoms with Crippen LogP contribution in [0.2, 0.25) is 0 Å². The van der Waals surface area contributed by atoms with Gasteiger partial charge in [-0.3, -0.25) is 0 Å². The summed E-state index contributed by atoms with van der Waals surface area (Å²) in [6, 6.07) is 11.5. The number of likely N-dealkylation sites (N-methyl/N-ethyl adjacent to an activating group) is 1. The SMILES string of the molecule is COc1ccccc1-c1ccc(N(C)CCO)nn1. The second kappa shape index (κ2) is 6.15. The van der Waals surface area contributed by atoms with Gasteiger partial charge in [-0.2, -0.15) is 0 Å². The van der Waals surface area contributed by atoms with Crippen molar-refractivity contribution in [1.82, 2.24) is 10.2 Å². The lowest BCUT2D eigenvalue weighted by molar-refractivity contribution is 0.303. The van der Waals surface area contributed by atoms with Crippen LogP contribution in [-0.2, 0) is 0 Å². The molecule has 1 aromatic carbocycles. The molecule has 1 aromatic heterocycles. The average Bonchev–Trinajstić information content (AvgIpc) is 2.47. The Hall–Kier alpha value is -2.14. The lowest BCUT2D eigenvalue weighted by Crippen LogP contribution is -2.22. The highest BCUT2D eigenvalue weighted by Gasteiger charge is 2.08. The first-order chi connectivity index (χ1) is 9.26. The first kappa shape index (κ1) is 13.3. The highest BCUT2D eigenvalue weighted by Crippen LogP contribution is 2.27. The van der Waals surface area contributed by atoms with Crippen molar-refractivity contribution < 1.29 is 9.84 Å². The van der Waals surface area contributed by atoms with Crippen molar-refractivity contribution in [3.05, 3.63) is 36.4 Å². The van der Waals surface area contributed by atoms with E-state index in [0.717, 1.165) is 22.8 Å². The molecule has 0 aliphatic carbocycles. The van der Waals surface area contributed by atoms with Crippen LogP contribution in [0, 0.1) is 0 Å². The quantitative estimate of drug-likeness (QED) is 0.883. The molecule has 2 aromatic rings. The number of benzene rings is 1. The van der Waals surface area contributed by atoms with E-state index in [1.165, 1.54) is 0 Å². The van der Waals surface area contributed by atoms with E-state index in [1.54, 1.807) is 7.11 Å². The Morgan fingerprint density at radius 3 is 2.58 bits per heavy atom. The van der Waals surface area contributed by atoms with Gasteiger partial charge in [0.25, 0.3) is 0 Å². The summed E-state index contributed by atoms with van der Waals surface area (Å²) < 4.78 is 5.30. The Balaban J connectivity index is 2.27. The maximum absolute atomic E-state index is 8.89. The molecule has 5 nitrogen and oxygen atoms in total. The highest BCUT2D eigenvalue weighted by molar-refractivity contribution is 5.67. The van der Waals surface area contributed by atoms with Crippen molar-refractivity contribution in [1.29, 1.82) is 0 Å². The monoisotopic (exact) mass is 259 g/mol. The van der Waals surface area contributed by atoms with E-state index in [1.807, 2.05) is 48.3 Å². The Bertz CT molecular complexity index is 528. The maximum Gasteiger partial charge on any atom is 0.151 e. The second-order valence-corrected chi connectivity index (χ2v) is 4.12. The molecule has 1 heterocycles. The molecule has 5 heteroatoms. The van der Waals surface area contributed by atoms with E-state index in [4.69, 9.17) is 9.84 Å². The summed E-state index contributed by atoms with van der Waals surface area (Å²) in [5.41, 5.74) is 1.67. The zero-order valence-corrected chi connectivity index (χ0v) is 11.1. The van der Waals surface area contributed by atoms with Crippen LogP contribution in [0.1, 0.15) is 0 Å². The summed E-state index contributed by atoms with van der Waals surface area (Å²) in [6.45, 7) is 0.620. The summed E-state index contributed by atoms with van der Waals surface area (Å²) in [5, 5.41) is 17.3. The molecule has 0 bridgehead atoms. The van der Waals surface area contributed by atoms with Gasteiger partial charge in [0, 0.05) is 19.2 Å². The Labute approximate surface area is 112 Å². The lowest BCUT2D eigenvalue weighted by atomic mass is 10.1. The number of aromatic nitrogens is 2. The fourth-order valence-corrected chi connectivity index (χ4v) is 1.79. The van der Waals surface area contributed by atoms with Gasteiger partial charge in [-0.25, -0.2) is 0 Å². The first-order valence-electron chi connectivity index (χ1n) is 6.05. The number of anilines is 1. The summed E-state index contributed by atoms with van der Waals surface area (Å²) >= 11 is 0. The molecule has 1 N–H and O–H groups in total. The van der Waals surface area contributed by atoms with Crippen molar-refractivity contribution in [2.24, 2.45) is 0 Å². The van der Waals surface area contributed by atoms with Gasteiger partial charge in [0.1, 0.15) is 5.75 Å². The van der Waals surface area contributed by atoms with Crippen LogP contribution in [0.4, 0.5) is 5.82 Å². The molecule has 0 aliphatic heterocycles. The predicted octanol–water partition coefficient (Wildman–Crippen LogP) is 1.58. The molecule has 0 saturated carbocycles. The second-order valence-electron chi connectivity index (χ2n) is 4.12. The Morgan fingerprint density at radius 2 is 1.95 bits per heavy atom. The lowest BCUT2D eigenvalue weighted by Gasteiger charge is -2.16. The minimum absolute atomic E-state index is 0.0897. The number of aliphatic hydroxyl groups is 1. The van der Waals surface area contributed by atoms with Crippen LogP contribution in [0.25, 0.3) is 11.3 Å². The maximum atomic E-state index is 8.89. The topological polar surface area (TPSA) is 58.5 Å². The van der Waals surface area contributed by atoms with Gasteiger partial charge < -0.3 is 14.7 Å². The Kier molecular flexibility index (Phi) is 4.30. The molecule has 0 amide bonds. The van der Waals surface area contributed by atoms with Crippen molar-refractivity contribution in [3.8, 4) is 17.0 Å². The molecule has 0 spiro atoms. The number of methoxy groups -OCH3 is 1. The van der Waals surface area contributed by atoms with Crippen molar-refractivity contribution in [2.75, 3.05) is 32.2 Å². The normalized spacial score (nSPS) is 10.3. The van der Waals surface area contributed by atoms with E-state index in [0.29, 0.717) is 6.54 Å². The molecule has 0 aliphatic rings. The Morgan fingerprint density at radius 1 is 1.16 bits per heavy atom. The number of para-hydroxylation sites is 1. The summed E-state index contributed by atoms with van der Waals surface area (Å²) in [5.74, 6) is 1.50. The number of ether oxygens (including phenoxy) is 1. The van der Waals surface area contributed by atoms with Gasteiger partial charge in [-0.05, 0) is 24.3 Å². The van der Waals surface area contributed by atoms with E-state index in [9.17, 15) is 0 Å². The molecule has 0 fully saturated rings. The van der Waals surface area contributed by atoms with Crippen LogP contribution in [0.5, 0.6) is 5.75 Å². The fourth-order valence-electron chi connectivity index (χ4n) is 1.79. The van der Waals surface area contributed by atoms with Crippen LogP contribution in [-0.4, -0.2) is 42.6 Å². The van der Waals surface area contributed by atoms with Crippen molar-refractivity contribution in [3.63, 3.8) is 0 Å². The highest BCUT2D eigenvalue weighted by atomic mass is 16.5. The summed E-state index contributed by atoms with van der Waals surface area (Å²) in [6.07, 6.45) is 0. The molecule has 2 rings (SSSR count). The first-order valence-corrected chi connectivity index (χ1v) is 6.05. The number of rotatable bonds is 5. The fraction of sp³-hybridized carbons (Fsp3) is 0.286. The van der Waals surface area contributed by atoms with Crippen molar-refractivity contribution >= 4 is 5.82 Å². The van der Waals surface area contributed by atoms with E-state index in [-0.39, 0.29) is 6.61 Å². The number of aliphatic hydroxyl groups excluding tert-OH is 1. The van der Waals surface area contributed by atoms with E-state index in [2.05, 4.69) is 10.2 Å². The summed E-state index contributed by atoms with van der Waals surface area (Å²) in [7, 11) is 3.50. The zero-order chi connectivity index (χ0) is 13.7. The zero-order valence-electron chi connectivity index (χ0n) is 11.1. The van der Waals surface area contributed by atoms with Gasteiger partial charge in [0.15, 0.2) is 5.82 Å². The van der Waals surface area contributed by atoms with Gasteiger partial charge in [0.05, 0.1) is 19.4 Å². The predicted molar refractivity (Wildman–Crippen MR) is 74.4 cm³/mol. The average molecular weight is 259 g/mol. The van der Waals surface area contributed by atoms with Crippen LogP contribution in [0.15, 0.2) is 36.4 Å². The smallest absolute Gasteiger partial charge is 0.151 e. The molecule has 0 unspecified atom stereocenters. The minimum Gasteiger partial charge on any atom is -0.496 e. The van der Waals surface area contributed by atoms with Gasteiger partial charge >= 0.3 is 0 Å². The van der Waals surface area contributed by atoms with Gasteiger partial charge in [-0.1, -0.05) is 12.1 Å². The van der Waals surface area contributed by atoms with E-state index >= 15 is 0 Å². The molecule has 19 heavy (non-hydrogen) atoms. The number of nitrogens with zero attached hydrogens (tertiary/aromatic N) is 3. The molecular formula is C14H17N3O2. The third kappa shape index (κ3) is 3.00. The van der Waals surface area contributed by atoms with Crippen LogP contribution >= 0.6 is 0 Å². The van der Waals surface area contributed by atoms with Crippen molar-refractivity contribution in [2.45, 2.75) is 0 Å².